The standard InChI is InChI=1S/C24H30O14/c1-9-17(27)19(29)21(31)23(34-9)33-8-15-18(28)20(30)22(35-10(2)25)24(38-15)37-14-7-12-11(6-13(14)32-3)4-5-16(26)36-12/h4-7,9,15,17-24,27-31H,8H2,1-3H3/t9-,15+,17+,18+,19-,20-,21+,22+,23-,24+/m1/s1. The van der Waals surface area contributed by atoms with Crippen molar-refractivity contribution in [3.8, 4) is 11.5 Å². The van der Waals surface area contributed by atoms with E-state index < -0.39 is 79.6 Å². The van der Waals surface area contributed by atoms with Crippen molar-refractivity contribution in [3.63, 3.8) is 0 Å². The quantitative estimate of drug-likeness (QED) is 0.198. The van der Waals surface area contributed by atoms with Gasteiger partial charge in [-0.15, -0.1) is 0 Å². The van der Waals surface area contributed by atoms with Gasteiger partial charge >= 0.3 is 11.6 Å². The van der Waals surface area contributed by atoms with Crippen LogP contribution in [0.4, 0.5) is 0 Å². The van der Waals surface area contributed by atoms with Crippen LogP contribution in [-0.2, 0) is 23.7 Å². The lowest BCUT2D eigenvalue weighted by atomic mass is 9.98. The van der Waals surface area contributed by atoms with E-state index >= 15 is 0 Å². The summed E-state index contributed by atoms with van der Waals surface area (Å²) in [5, 5.41) is 52.0. The van der Waals surface area contributed by atoms with Gasteiger partial charge in [-0.25, -0.2) is 4.79 Å². The summed E-state index contributed by atoms with van der Waals surface area (Å²) in [4.78, 5) is 23.4. The second-order valence-corrected chi connectivity index (χ2v) is 9.03. The average molecular weight is 542 g/mol. The number of benzene rings is 1. The lowest BCUT2D eigenvalue weighted by Crippen LogP contribution is -2.62. The summed E-state index contributed by atoms with van der Waals surface area (Å²) in [6.45, 7) is 2.10. The lowest BCUT2D eigenvalue weighted by Gasteiger charge is -2.43. The zero-order chi connectivity index (χ0) is 27.7. The van der Waals surface area contributed by atoms with Gasteiger partial charge in [-0.2, -0.15) is 0 Å². The fraction of sp³-hybridized carbons (Fsp3) is 0.583. The van der Waals surface area contributed by atoms with Gasteiger partial charge in [0.15, 0.2) is 23.9 Å². The number of carbonyl (C=O) groups excluding carboxylic acids is 1. The highest BCUT2D eigenvalue weighted by Crippen LogP contribution is 2.35. The van der Waals surface area contributed by atoms with Crippen LogP contribution in [-0.4, -0.2) is 107 Å². The summed E-state index contributed by atoms with van der Waals surface area (Å²) in [5.41, 5.74) is -0.443. The van der Waals surface area contributed by atoms with Gasteiger partial charge in [0.25, 0.3) is 0 Å². The molecule has 5 N–H and O–H groups in total. The van der Waals surface area contributed by atoms with Crippen molar-refractivity contribution >= 4 is 16.9 Å². The topological polar surface area (TPSA) is 204 Å². The largest absolute Gasteiger partial charge is 0.493 e. The van der Waals surface area contributed by atoms with Gasteiger partial charge in [0, 0.05) is 24.4 Å². The molecule has 1 aromatic carbocycles. The number of ether oxygens (including phenoxy) is 6. The van der Waals surface area contributed by atoms with Crippen LogP contribution in [0.25, 0.3) is 11.0 Å². The third-order valence-corrected chi connectivity index (χ3v) is 6.33. The number of methoxy groups -OCH3 is 1. The lowest BCUT2D eigenvalue weighted by molar-refractivity contribution is -0.319. The molecule has 2 aromatic rings. The number of esters is 1. The van der Waals surface area contributed by atoms with E-state index in [-0.39, 0.29) is 17.1 Å². The second-order valence-electron chi connectivity index (χ2n) is 9.03. The van der Waals surface area contributed by atoms with E-state index in [0.717, 1.165) is 6.92 Å². The highest BCUT2D eigenvalue weighted by Gasteiger charge is 2.49. The van der Waals surface area contributed by atoms with Crippen LogP contribution in [0.5, 0.6) is 11.5 Å². The predicted octanol–water partition coefficient (Wildman–Crippen LogP) is -1.60. The number of aliphatic hydroxyl groups is 5. The number of hydrogen-bond donors (Lipinski definition) is 5. The van der Waals surface area contributed by atoms with Gasteiger partial charge in [0.1, 0.15) is 42.2 Å². The van der Waals surface area contributed by atoms with Crippen molar-refractivity contribution in [2.75, 3.05) is 13.7 Å². The van der Waals surface area contributed by atoms with Crippen LogP contribution in [0.2, 0.25) is 0 Å². The maximum Gasteiger partial charge on any atom is 0.336 e. The van der Waals surface area contributed by atoms with Gasteiger partial charge in [-0.1, -0.05) is 0 Å². The number of carbonyl (C=O) groups is 1. The monoisotopic (exact) mass is 542 g/mol. The number of aliphatic hydroxyl groups excluding tert-OH is 5. The van der Waals surface area contributed by atoms with Crippen molar-refractivity contribution in [2.45, 2.75) is 75.3 Å². The fourth-order valence-corrected chi connectivity index (χ4v) is 4.25. The summed E-state index contributed by atoms with van der Waals surface area (Å²) < 4.78 is 38.2. The molecule has 2 aliphatic rings. The first-order valence-electron chi connectivity index (χ1n) is 11.8. The van der Waals surface area contributed by atoms with Gasteiger partial charge < -0.3 is 58.4 Å². The Bertz CT molecular complexity index is 1180. The maximum absolute atomic E-state index is 11.7. The van der Waals surface area contributed by atoms with E-state index in [4.69, 9.17) is 32.8 Å². The minimum Gasteiger partial charge on any atom is -0.493 e. The third-order valence-electron chi connectivity index (χ3n) is 6.33. The van der Waals surface area contributed by atoms with Crippen LogP contribution in [0.15, 0.2) is 33.5 Å². The molecule has 0 radical (unpaired) electrons. The van der Waals surface area contributed by atoms with Gasteiger partial charge in [-0.3, -0.25) is 4.79 Å². The molecule has 2 saturated heterocycles. The third kappa shape index (κ3) is 5.77. The highest BCUT2D eigenvalue weighted by molar-refractivity contribution is 5.80. The Labute approximate surface area is 215 Å². The molecule has 10 atom stereocenters. The molecule has 0 aliphatic carbocycles. The minimum atomic E-state index is -1.70. The molecule has 1 aromatic heterocycles. The van der Waals surface area contributed by atoms with Gasteiger partial charge in [-0.05, 0) is 19.1 Å². The Hall–Kier alpha value is -2.82. The Kier molecular flexibility index (Phi) is 8.54. The van der Waals surface area contributed by atoms with E-state index in [9.17, 15) is 35.1 Å². The summed E-state index contributed by atoms with van der Waals surface area (Å²) in [6.07, 6.45) is -14.4. The normalized spacial score (nSPS) is 35.6. The van der Waals surface area contributed by atoms with E-state index in [2.05, 4.69) is 0 Å². The summed E-state index contributed by atoms with van der Waals surface area (Å²) in [7, 11) is 1.37. The molecule has 2 fully saturated rings. The van der Waals surface area contributed by atoms with E-state index in [0.29, 0.717) is 5.39 Å². The van der Waals surface area contributed by atoms with Crippen molar-refractivity contribution in [1.29, 1.82) is 0 Å². The SMILES string of the molecule is COc1cc2ccc(=O)oc2cc1O[C@H]1O[C@@H](CO[C@@H]2O[C@H](C)[C@H](O)[C@@H](O)[C@@H]2O)[C@H](O)[C@@H](O)[C@@H]1OC(C)=O. The number of hydrogen-bond acceptors (Lipinski definition) is 14. The van der Waals surface area contributed by atoms with Gasteiger partial charge in [0.05, 0.1) is 19.8 Å². The first kappa shape index (κ1) is 28.2. The van der Waals surface area contributed by atoms with Crippen molar-refractivity contribution in [3.05, 3.63) is 34.7 Å². The molecule has 14 nitrogen and oxygen atoms in total. The molecule has 0 bridgehead atoms. The number of fused-ring (bicyclic) bond motifs is 1. The van der Waals surface area contributed by atoms with Crippen molar-refractivity contribution in [2.24, 2.45) is 0 Å². The molecule has 0 unspecified atom stereocenters. The average Bonchev–Trinajstić information content (AvgIpc) is 2.88. The van der Waals surface area contributed by atoms with E-state index in [1.54, 1.807) is 0 Å². The van der Waals surface area contributed by atoms with Crippen molar-refractivity contribution < 1.29 is 63.2 Å². The molecule has 0 saturated carbocycles. The first-order valence-corrected chi connectivity index (χ1v) is 11.8. The van der Waals surface area contributed by atoms with Crippen LogP contribution in [0.3, 0.4) is 0 Å². The van der Waals surface area contributed by atoms with Crippen molar-refractivity contribution in [1.82, 2.24) is 0 Å². The zero-order valence-electron chi connectivity index (χ0n) is 20.7. The fourth-order valence-electron chi connectivity index (χ4n) is 4.25. The van der Waals surface area contributed by atoms with Crippen LogP contribution in [0, 0.1) is 0 Å². The first-order chi connectivity index (χ1) is 18.0. The van der Waals surface area contributed by atoms with Gasteiger partial charge in [0.2, 0.25) is 6.29 Å². The molecule has 14 heteroatoms. The Balaban J connectivity index is 1.57. The molecule has 4 rings (SSSR count). The molecule has 210 valence electrons. The van der Waals surface area contributed by atoms with Crippen LogP contribution >= 0.6 is 0 Å². The molecule has 3 heterocycles. The summed E-state index contributed by atoms with van der Waals surface area (Å²) >= 11 is 0. The zero-order valence-corrected chi connectivity index (χ0v) is 20.7. The van der Waals surface area contributed by atoms with E-state index in [1.165, 1.54) is 38.3 Å². The summed E-state index contributed by atoms with van der Waals surface area (Å²) in [5.74, 6) is -0.577. The van der Waals surface area contributed by atoms with E-state index in [1.807, 2.05) is 0 Å². The second kappa shape index (κ2) is 11.5. The van der Waals surface area contributed by atoms with Crippen LogP contribution in [0.1, 0.15) is 13.8 Å². The predicted molar refractivity (Wildman–Crippen MR) is 124 cm³/mol. The molecular weight excluding hydrogens is 512 g/mol. The van der Waals surface area contributed by atoms with Crippen LogP contribution < -0.4 is 15.1 Å². The Morgan fingerprint density at radius 2 is 1.66 bits per heavy atom. The molecule has 0 spiro atoms. The number of rotatable bonds is 7. The maximum atomic E-state index is 11.7. The molecule has 2 aliphatic heterocycles. The Morgan fingerprint density at radius 1 is 0.921 bits per heavy atom. The highest BCUT2D eigenvalue weighted by atomic mass is 16.7. The molecule has 38 heavy (non-hydrogen) atoms. The summed E-state index contributed by atoms with van der Waals surface area (Å²) in [6, 6.07) is 5.65. The smallest absolute Gasteiger partial charge is 0.336 e. The molecule has 0 amide bonds. The minimum absolute atomic E-state index is 0.0109. The Morgan fingerprint density at radius 3 is 2.34 bits per heavy atom. The molecular formula is C24H30O14.